The number of halogens is 4. The predicted molar refractivity (Wildman–Crippen MR) is 123 cm³/mol. The lowest BCUT2D eigenvalue weighted by molar-refractivity contribution is -0.137. The highest BCUT2D eigenvalue weighted by atomic mass is 35.5. The van der Waals surface area contributed by atoms with E-state index >= 15 is 0 Å². The first-order chi connectivity index (χ1) is 15.9. The number of hydrogen-bond donors (Lipinski definition) is 2. The summed E-state index contributed by atoms with van der Waals surface area (Å²) in [6.07, 6.45) is -1.41. The first-order valence-electron chi connectivity index (χ1n) is 10.5. The number of alkyl halides is 3. The summed E-state index contributed by atoms with van der Waals surface area (Å²) < 4.78 is 40.7. The third-order valence-corrected chi connectivity index (χ3v) is 6.33. The number of carboxylic acid groups (broad SMARTS) is 2. The van der Waals surface area contributed by atoms with Crippen LogP contribution >= 0.6 is 11.6 Å². The average Bonchev–Trinajstić information content (AvgIpc) is 3.07. The maximum Gasteiger partial charge on any atom is 0.418 e. The highest BCUT2D eigenvalue weighted by molar-refractivity contribution is 6.31. The van der Waals surface area contributed by atoms with Gasteiger partial charge in [-0.25, -0.2) is 9.59 Å². The van der Waals surface area contributed by atoms with Gasteiger partial charge < -0.3 is 20.0 Å². The first-order valence-corrected chi connectivity index (χ1v) is 10.9. The maximum absolute atomic E-state index is 13.6. The van der Waals surface area contributed by atoms with Gasteiger partial charge in [0.25, 0.3) is 0 Å². The van der Waals surface area contributed by atoms with Crippen LogP contribution in [0.1, 0.15) is 24.0 Å². The predicted octanol–water partition coefficient (Wildman–Crippen LogP) is 5.19. The summed E-state index contributed by atoms with van der Waals surface area (Å²) in [7, 11) is 2.08. The molecule has 1 spiro atoms. The monoisotopic (exact) mass is 496 g/mol. The number of aliphatic carboxylic acids is 2. The molecule has 2 aromatic rings. The van der Waals surface area contributed by atoms with Crippen molar-refractivity contribution in [2.24, 2.45) is 0 Å². The lowest BCUT2D eigenvalue weighted by Gasteiger charge is -2.38. The quantitative estimate of drug-likeness (QED) is 0.569. The third kappa shape index (κ3) is 5.71. The zero-order chi connectivity index (χ0) is 25.1. The van der Waals surface area contributed by atoms with Crippen LogP contribution in [-0.2, 0) is 21.2 Å². The van der Waals surface area contributed by atoms with E-state index in [1.54, 1.807) is 18.2 Å². The topological polar surface area (TPSA) is 81.1 Å². The molecule has 2 aliphatic heterocycles. The fraction of sp³-hybridized carbons (Fsp3) is 0.333. The van der Waals surface area contributed by atoms with Gasteiger partial charge in [0.15, 0.2) is 0 Å². The number of piperidine rings is 1. The number of hydrogen-bond acceptors (Lipinski definition) is 4. The molecule has 0 atom stereocenters. The summed E-state index contributed by atoms with van der Waals surface area (Å²) in [6.45, 7) is 2.44. The number of carboxylic acids is 2. The molecule has 10 heteroatoms. The summed E-state index contributed by atoms with van der Waals surface area (Å²) in [4.78, 5) is 23.2. The molecule has 0 bridgehead atoms. The largest absolute Gasteiger partial charge is 0.478 e. The van der Waals surface area contributed by atoms with Crippen LogP contribution in [-0.4, -0.2) is 53.7 Å². The Morgan fingerprint density at radius 1 is 1.00 bits per heavy atom. The number of fused-ring (bicyclic) bond motifs is 2. The van der Waals surface area contributed by atoms with Gasteiger partial charge in [-0.3, -0.25) is 0 Å². The minimum Gasteiger partial charge on any atom is -0.478 e. The zero-order valence-electron chi connectivity index (χ0n) is 18.3. The Hall–Kier alpha value is -3.04. The van der Waals surface area contributed by atoms with E-state index in [9.17, 15) is 22.8 Å². The van der Waals surface area contributed by atoms with Crippen molar-refractivity contribution in [1.82, 2.24) is 4.90 Å². The second-order valence-corrected chi connectivity index (χ2v) is 8.79. The number of nitrogens with zero attached hydrogens (tertiary/aromatic N) is 2. The molecule has 4 rings (SSSR count). The molecular formula is C24H24ClF3N2O4. The molecule has 1 saturated heterocycles. The second kappa shape index (κ2) is 10.1. The Bertz CT molecular complexity index is 1080. The van der Waals surface area contributed by atoms with Crippen molar-refractivity contribution in [2.75, 3.05) is 31.6 Å². The number of anilines is 2. The molecule has 2 aromatic carbocycles. The van der Waals surface area contributed by atoms with Gasteiger partial charge in [-0.2, -0.15) is 13.2 Å². The van der Waals surface area contributed by atoms with Gasteiger partial charge >= 0.3 is 18.1 Å². The molecule has 0 unspecified atom stereocenters. The first kappa shape index (κ1) is 25.6. The number of likely N-dealkylation sites (tertiary alicyclic amines) is 1. The zero-order valence-corrected chi connectivity index (χ0v) is 19.1. The van der Waals surface area contributed by atoms with E-state index < -0.39 is 23.7 Å². The summed E-state index contributed by atoms with van der Waals surface area (Å²) in [5, 5.41) is 16.2. The molecule has 0 aliphatic carbocycles. The van der Waals surface area contributed by atoms with E-state index in [0.717, 1.165) is 43.2 Å². The smallest absolute Gasteiger partial charge is 0.418 e. The van der Waals surface area contributed by atoms with Gasteiger partial charge in [-0.1, -0.05) is 29.8 Å². The molecule has 0 saturated carbocycles. The Kier molecular flexibility index (Phi) is 7.57. The molecule has 2 N–H and O–H groups in total. The van der Waals surface area contributed by atoms with E-state index in [1.165, 1.54) is 6.07 Å². The lowest BCUT2D eigenvalue weighted by atomic mass is 9.74. The van der Waals surface area contributed by atoms with Gasteiger partial charge in [0.05, 0.1) is 11.3 Å². The summed E-state index contributed by atoms with van der Waals surface area (Å²) in [5.41, 5.74) is 1.41. The van der Waals surface area contributed by atoms with E-state index in [0.29, 0.717) is 23.7 Å². The van der Waals surface area contributed by atoms with Crippen molar-refractivity contribution in [3.05, 3.63) is 70.8 Å². The van der Waals surface area contributed by atoms with Crippen molar-refractivity contribution in [3.8, 4) is 0 Å². The van der Waals surface area contributed by atoms with E-state index in [1.807, 2.05) is 17.0 Å². The molecule has 182 valence electrons. The number of para-hydroxylation sites is 1. The van der Waals surface area contributed by atoms with Crippen LogP contribution in [0.4, 0.5) is 24.5 Å². The highest BCUT2D eigenvalue weighted by Gasteiger charge is 2.46. The fourth-order valence-corrected chi connectivity index (χ4v) is 4.60. The van der Waals surface area contributed by atoms with Crippen molar-refractivity contribution in [3.63, 3.8) is 0 Å². The van der Waals surface area contributed by atoms with Crippen LogP contribution in [0.15, 0.2) is 54.6 Å². The summed E-state index contributed by atoms with van der Waals surface area (Å²) in [5.74, 6) is -2.51. The third-order valence-electron chi connectivity index (χ3n) is 6.10. The molecule has 1 fully saturated rings. The highest BCUT2D eigenvalue weighted by Crippen LogP contribution is 2.52. The molecule has 0 radical (unpaired) electrons. The minimum absolute atomic E-state index is 0.120. The lowest BCUT2D eigenvalue weighted by Crippen LogP contribution is -2.43. The van der Waals surface area contributed by atoms with E-state index in [2.05, 4.69) is 11.9 Å². The Morgan fingerprint density at radius 2 is 1.59 bits per heavy atom. The van der Waals surface area contributed by atoms with E-state index in [4.69, 9.17) is 21.8 Å². The average molecular weight is 497 g/mol. The van der Waals surface area contributed by atoms with Gasteiger partial charge in [0, 0.05) is 34.8 Å². The molecule has 0 aromatic heterocycles. The number of benzene rings is 2. The van der Waals surface area contributed by atoms with E-state index in [-0.39, 0.29) is 11.1 Å². The second-order valence-electron chi connectivity index (χ2n) is 8.36. The van der Waals surface area contributed by atoms with Gasteiger partial charge in [0.1, 0.15) is 0 Å². The van der Waals surface area contributed by atoms with Crippen LogP contribution in [0.5, 0.6) is 0 Å². The fourth-order valence-electron chi connectivity index (χ4n) is 4.43. The molecule has 6 nitrogen and oxygen atoms in total. The minimum atomic E-state index is -4.39. The Labute approximate surface area is 199 Å². The molecule has 2 heterocycles. The SMILES string of the molecule is CN1CCC2(CC1)CN(c1ccccc1C(F)(F)F)c1cc(Cl)ccc12.O=C(O)/C=C\C(=O)O. The van der Waals surface area contributed by atoms with Gasteiger partial charge in [-0.15, -0.1) is 0 Å². The summed E-state index contributed by atoms with van der Waals surface area (Å²) in [6, 6.07) is 11.5. The number of carbonyl (C=O) groups is 2. The maximum atomic E-state index is 13.6. The van der Waals surface area contributed by atoms with Crippen LogP contribution in [0.2, 0.25) is 5.02 Å². The van der Waals surface area contributed by atoms with Crippen LogP contribution < -0.4 is 4.90 Å². The van der Waals surface area contributed by atoms with Crippen LogP contribution in [0.25, 0.3) is 0 Å². The van der Waals surface area contributed by atoms with Crippen molar-refractivity contribution >= 4 is 34.9 Å². The molecule has 0 amide bonds. The van der Waals surface area contributed by atoms with Crippen molar-refractivity contribution in [1.29, 1.82) is 0 Å². The van der Waals surface area contributed by atoms with Crippen molar-refractivity contribution < 1.29 is 33.0 Å². The van der Waals surface area contributed by atoms with Gasteiger partial charge in [-0.05, 0) is 62.8 Å². The van der Waals surface area contributed by atoms with Crippen LogP contribution in [0.3, 0.4) is 0 Å². The Morgan fingerprint density at radius 3 is 2.15 bits per heavy atom. The Balaban J connectivity index is 0.000000350. The standard InChI is InChI=1S/C20H20ClF3N2.C4H4O4/c1-25-10-8-19(9-11-25)13-26(18-12-14(21)6-7-15(18)19)17-5-3-2-4-16(17)20(22,23)24;5-3(6)1-2-4(7)8/h2-7,12H,8-11,13H2,1H3;1-2H,(H,5,6)(H,7,8)/b;2-1-. The normalized spacial score (nSPS) is 17.4. The van der Waals surface area contributed by atoms with Crippen LogP contribution in [0, 0.1) is 0 Å². The molecule has 2 aliphatic rings. The number of rotatable bonds is 3. The van der Waals surface area contributed by atoms with Gasteiger partial charge in [0.2, 0.25) is 0 Å². The molecule has 34 heavy (non-hydrogen) atoms. The summed E-state index contributed by atoms with van der Waals surface area (Å²) >= 11 is 6.20. The molecular weight excluding hydrogens is 473 g/mol. The van der Waals surface area contributed by atoms with Crippen molar-refractivity contribution in [2.45, 2.75) is 24.4 Å².